The highest BCUT2D eigenvalue weighted by molar-refractivity contribution is 6.33. The molecule has 0 bridgehead atoms. The molecule has 39 heavy (non-hydrogen) atoms. The van der Waals surface area contributed by atoms with Crippen molar-refractivity contribution in [2.45, 2.75) is 74.5 Å². The molecule has 0 radical (unpaired) electrons. The molecular weight excluding hydrogens is 526 g/mol. The number of halogens is 3. The lowest BCUT2D eigenvalue weighted by Crippen LogP contribution is -2.34. The molecule has 2 aromatic rings. The summed E-state index contributed by atoms with van der Waals surface area (Å²) < 4.78 is 30.6. The Labute approximate surface area is 234 Å². The van der Waals surface area contributed by atoms with E-state index < -0.39 is 17.9 Å². The molecule has 0 saturated heterocycles. The zero-order chi connectivity index (χ0) is 29.3. The number of benzene rings is 2. The smallest absolute Gasteiger partial charge is 0.387 e. The van der Waals surface area contributed by atoms with Crippen LogP contribution < -0.4 is 20.7 Å². The molecule has 2 aromatic carbocycles. The number of anilines is 1. The van der Waals surface area contributed by atoms with E-state index in [1.807, 2.05) is 46.8 Å². The number of ether oxygens (including phenoxy) is 1. The number of nitrogens with zero attached hydrogens (tertiary/aromatic N) is 1. The predicted molar refractivity (Wildman–Crippen MR) is 153 cm³/mol. The van der Waals surface area contributed by atoms with Gasteiger partial charge in [0.05, 0.1) is 22.0 Å². The molecule has 3 N–H and O–H groups in total. The molecule has 1 aliphatic carbocycles. The van der Waals surface area contributed by atoms with Gasteiger partial charge in [-0.05, 0) is 68.0 Å². The lowest BCUT2D eigenvalue weighted by molar-refractivity contribution is -0.128. The van der Waals surface area contributed by atoms with E-state index in [9.17, 15) is 18.4 Å². The highest BCUT2D eigenvalue weighted by atomic mass is 35.5. The fraction of sp³-hybridized carbons (Fsp3) is 0.483. The van der Waals surface area contributed by atoms with Gasteiger partial charge in [-0.25, -0.2) is 4.99 Å². The van der Waals surface area contributed by atoms with Gasteiger partial charge < -0.3 is 20.7 Å². The first-order chi connectivity index (χ1) is 18.3. The van der Waals surface area contributed by atoms with Crippen LogP contribution in [0.15, 0.2) is 35.3 Å². The molecule has 10 heteroatoms. The summed E-state index contributed by atoms with van der Waals surface area (Å²) in [6.45, 7) is 10.7. The quantitative estimate of drug-likeness (QED) is 0.221. The van der Waals surface area contributed by atoms with E-state index in [-0.39, 0.29) is 17.2 Å². The summed E-state index contributed by atoms with van der Waals surface area (Å²) in [5.41, 5.74) is 1.90. The van der Waals surface area contributed by atoms with E-state index in [4.69, 9.17) is 11.6 Å². The molecule has 1 fully saturated rings. The summed E-state index contributed by atoms with van der Waals surface area (Å²) in [6.07, 6.45) is 2.09. The maximum atomic E-state index is 13.0. The number of aliphatic imine (C=N–C) groups is 1. The molecule has 0 aromatic heterocycles. The summed E-state index contributed by atoms with van der Waals surface area (Å²) in [5, 5.41) is 9.28. The Morgan fingerprint density at radius 1 is 1.13 bits per heavy atom. The van der Waals surface area contributed by atoms with Crippen molar-refractivity contribution < 1.29 is 23.1 Å². The van der Waals surface area contributed by atoms with Crippen LogP contribution in [0, 0.1) is 18.3 Å². The first-order valence-electron chi connectivity index (χ1n) is 13.1. The molecule has 3 rings (SSSR count). The monoisotopic (exact) mass is 564 g/mol. The van der Waals surface area contributed by atoms with E-state index in [0.29, 0.717) is 46.8 Å². The van der Waals surface area contributed by atoms with Gasteiger partial charge >= 0.3 is 6.61 Å². The third-order valence-electron chi connectivity index (χ3n) is 5.78. The molecule has 0 heterocycles. The van der Waals surface area contributed by atoms with Gasteiger partial charge in [0.15, 0.2) is 0 Å². The van der Waals surface area contributed by atoms with Gasteiger partial charge in [-0.3, -0.25) is 9.59 Å². The Bertz CT molecular complexity index is 1190. The van der Waals surface area contributed by atoms with Crippen LogP contribution in [0.2, 0.25) is 5.02 Å². The number of amides is 2. The zero-order valence-electron chi connectivity index (χ0n) is 23.7. The third-order valence-corrected chi connectivity index (χ3v) is 6.11. The molecule has 0 atom stereocenters. The maximum absolute atomic E-state index is 13.0. The summed E-state index contributed by atoms with van der Waals surface area (Å²) in [5.74, 6) is 0.144. The van der Waals surface area contributed by atoms with Gasteiger partial charge in [-0.15, -0.1) is 0 Å². The molecule has 0 unspecified atom stereocenters. The fourth-order valence-electron chi connectivity index (χ4n) is 3.44. The molecule has 1 aliphatic rings. The molecule has 1 saturated carbocycles. The standard InChI is InChI=1S/C27H33ClF2N4O3.C2H6/c1-15-10-23(37-26(29)30)19(24(35)31-13-17-6-7-17)12-21(15)33-16(2)34-22-11-18(8-9-20(22)28)14-32-25(36)27(3,4)5;1-2/h8-12,17,26H,6-7,13-14H2,1-5H3,(H,31,35)(H,32,36)(H,33,34);1-2H3. The SMILES string of the molecule is CC.CC(=Nc1cc(C(=O)NCC2CC2)c(OC(F)F)cc1C)Nc1cc(CNC(=O)C(C)(C)C)ccc1Cl. The second-order valence-corrected chi connectivity index (χ2v) is 10.6. The van der Waals surface area contributed by atoms with Crippen LogP contribution in [0.25, 0.3) is 0 Å². The number of rotatable bonds is 9. The van der Waals surface area contributed by atoms with Crippen molar-refractivity contribution in [2.75, 3.05) is 11.9 Å². The van der Waals surface area contributed by atoms with Crippen LogP contribution in [-0.4, -0.2) is 30.8 Å². The number of nitrogens with one attached hydrogen (secondary N) is 3. The Hall–Kier alpha value is -3.20. The number of hydrogen-bond donors (Lipinski definition) is 3. The van der Waals surface area contributed by atoms with E-state index in [2.05, 4.69) is 25.7 Å². The average Bonchev–Trinajstić information content (AvgIpc) is 3.69. The Morgan fingerprint density at radius 3 is 2.38 bits per heavy atom. The third kappa shape index (κ3) is 10.1. The lowest BCUT2D eigenvalue weighted by atomic mass is 9.95. The minimum Gasteiger partial charge on any atom is -0.434 e. The van der Waals surface area contributed by atoms with Gasteiger partial charge in [0.25, 0.3) is 5.91 Å². The molecule has 7 nitrogen and oxygen atoms in total. The van der Waals surface area contributed by atoms with Gasteiger partial charge in [0.2, 0.25) is 5.91 Å². The van der Waals surface area contributed by atoms with Crippen LogP contribution in [-0.2, 0) is 11.3 Å². The van der Waals surface area contributed by atoms with Crippen molar-refractivity contribution in [3.05, 3.63) is 52.0 Å². The average molecular weight is 565 g/mol. The second-order valence-electron chi connectivity index (χ2n) is 10.2. The van der Waals surface area contributed by atoms with Crippen molar-refractivity contribution in [1.82, 2.24) is 10.6 Å². The van der Waals surface area contributed by atoms with E-state index in [0.717, 1.165) is 18.4 Å². The highest BCUT2D eigenvalue weighted by Crippen LogP contribution is 2.32. The molecular formula is C29H39ClF2N4O3. The number of carbonyl (C=O) groups excluding carboxylic acids is 2. The molecule has 0 spiro atoms. The largest absolute Gasteiger partial charge is 0.434 e. The highest BCUT2D eigenvalue weighted by Gasteiger charge is 2.24. The van der Waals surface area contributed by atoms with Crippen molar-refractivity contribution in [3.8, 4) is 5.75 Å². The van der Waals surface area contributed by atoms with Crippen molar-refractivity contribution in [2.24, 2.45) is 16.3 Å². The number of amidine groups is 1. The van der Waals surface area contributed by atoms with Gasteiger partial charge in [-0.2, -0.15) is 8.78 Å². The van der Waals surface area contributed by atoms with Crippen LogP contribution >= 0.6 is 11.6 Å². The summed E-state index contributed by atoms with van der Waals surface area (Å²) >= 11 is 6.37. The van der Waals surface area contributed by atoms with Gasteiger partial charge in [0, 0.05) is 18.5 Å². The van der Waals surface area contributed by atoms with E-state index in [1.165, 1.54) is 12.1 Å². The number of hydrogen-bond acceptors (Lipinski definition) is 4. The van der Waals surface area contributed by atoms with Crippen molar-refractivity contribution >= 4 is 40.6 Å². The van der Waals surface area contributed by atoms with Crippen molar-refractivity contribution in [1.29, 1.82) is 0 Å². The zero-order valence-corrected chi connectivity index (χ0v) is 24.4. The van der Waals surface area contributed by atoms with Crippen LogP contribution in [0.3, 0.4) is 0 Å². The normalized spacial score (nSPS) is 13.4. The predicted octanol–water partition coefficient (Wildman–Crippen LogP) is 7.24. The van der Waals surface area contributed by atoms with Crippen LogP contribution in [0.1, 0.15) is 75.9 Å². The summed E-state index contributed by atoms with van der Waals surface area (Å²) in [6, 6.07) is 8.19. The van der Waals surface area contributed by atoms with Crippen LogP contribution in [0.5, 0.6) is 5.75 Å². The minimum absolute atomic E-state index is 0.00674. The molecule has 2 amide bonds. The first kappa shape index (κ1) is 32.0. The number of carbonyl (C=O) groups is 2. The van der Waals surface area contributed by atoms with Crippen molar-refractivity contribution in [3.63, 3.8) is 0 Å². The Kier molecular flexibility index (Phi) is 11.7. The molecule has 0 aliphatic heterocycles. The number of alkyl halides is 2. The molecule has 214 valence electrons. The summed E-state index contributed by atoms with van der Waals surface area (Å²) in [4.78, 5) is 29.5. The lowest BCUT2D eigenvalue weighted by Gasteiger charge is -2.18. The van der Waals surface area contributed by atoms with E-state index >= 15 is 0 Å². The second kappa shape index (κ2) is 14.3. The first-order valence-corrected chi connectivity index (χ1v) is 13.5. The van der Waals surface area contributed by atoms with Crippen LogP contribution in [0.4, 0.5) is 20.2 Å². The van der Waals surface area contributed by atoms with E-state index in [1.54, 1.807) is 19.9 Å². The maximum Gasteiger partial charge on any atom is 0.387 e. The Balaban J connectivity index is 0.00000260. The van der Waals surface area contributed by atoms with Gasteiger partial charge in [-0.1, -0.05) is 52.3 Å². The van der Waals surface area contributed by atoms with Gasteiger partial charge in [0.1, 0.15) is 11.6 Å². The summed E-state index contributed by atoms with van der Waals surface area (Å²) in [7, 11) is 0. The topological polar surface area (TPSA) is 91.8 Å². The Morgan fingerprint density at radius 2 is 1.79 bits per heavy atom. The minimum atomic E-state index is -3.06. The fourth-order valence-corrected chi connectivity index (χ4v) is 3.61. The number of aryl methyl sites for hydroxylation is 1.